The molecule has 11 nitrogen and oxygen atoms in total. The summed E-state index contributed by atoms with van der Waals surface area (Å²) in [5.74, 6) is -2.37. The number of hydrogen-bond acceptors (Lipinski definition) is 8. The van der Waals surface area contributed by atoms with Crippen molar-refractivity contribution < 1.29 is 47.8 Å². The lowest BCUT2D eigenvalue weighted by Crippen LogP contribution is -2.43. The Hall–Kier alpha value is -1.78. The molecule has 54 heavy (non-hydrogen) atoms. The van der Waals surface area contributed by atoms with Crippen molar-refractivity contribution in [1.82, 2.24) is 5.32 Å². The average molecular weight is 790 g/mol. The molecule has 0 fully saturated rings. The third kappa shape index (κ3) is 37.2. The second-order valence-corrected chi connectivity index (χ2v) is 16.3. The summed E-state index contributed by atoms with van der Waals surface area (Å²) in [6, 6.07) is -1.54. The Labute approximate surface area is 328 Å². The first kappa shape index (κ1) is 52.2. The highest BCUT2D eigenvalue weighted by Gasteiger charge is 2.28. The van der Waals surface area contributed by atoms with Crippen molar-refractivity contribution >= 4 is 25.7 Å². The summed E-state index contributed by atoms with van der Waals surface area (Å²) in [4.78, 5) is 45.8. The molecule has 0 aromatic carbocycles. The molecule has 4 N–H and O–H groups in total. The number of carboxylic acid groups (broad SMARTS) is 1. The molecule has 0 aliphatic carbocycles. The van der Waals surface area contributed by atoms with E-state index in [9.17, 15) is 34.1 Å². The fraction of sp³-hybridized carbons (Fsp3) is 0.881. The first-order chi connectivity index (χ1) is 26.1. The molecule has 0 rings (SSSR count). The molecule has 1 amide bonds. The number of carboxylic acids is 1. The first-order valence-electron chi connectivity index (χ1n) is 21.7. The van der Waals surface area contributed by atoms with Crippen LogP contribution in [0.5, 0.6) is 0 Å². The van der Waals surface area contributed by atoms with Crippen LogP contribution in [-0.2, 0) is 32.7 Å². The van der Waals surface area contributed by atoms with E-state index in [0.717, 1.165) is 57.8 Å². The summed E-state index contributed by atoms with van der Waals surface area (Å²) in [5, 5.41) is 21.8. The summed E-state index contributed by atoms with van der Waals surface area (Å²) in [6.45, 7) is 2.59. The van der Waals surface area contributed by atoms with Crippen molar-refractivity contribution in [2.24, 2.45) is 0 Å². The molecule has 0 aromatic rings. The standard InChI is InChI=1S/C42H80NO10P/c1-3-5-7-9-11-13-15-17-19-20-22-24-26-28-30-32-34-41(46)51-35-38(44)36-52-54(49,50)53-37-39(42(47)48)43-40(45)33-31-29-27-25-23-21-18-16-14-12-10-8-6-4-2/h19-20,38-39,44H,3-18,21-37H2,1-2H3,(H,43,45)(H,47,48)(H,49,50)/b20-19-. The Kier molecular flexibility index (Phi) is 36.9. The Morgan fingerprint density at radius 3 is 1.41 bits per heavy atom. The fourth-order valence-electron chi connectivity index (χ4n) is 6.13. The zero-order valence-electron chi connectivity index (χ0n) is 34.3. The maximum Gasteiger partial charge on any atom is 0.472 e. The predicted octanol–water partition coefficient (Wildman–Crippen LogP) is 10.9. The van der Waals surface area contributed by atoms with Gasteiger partial charge in [-0.15, -0.1) is 0 Å². The molecular formula is C42H80NO10P. The molecule has 0 heterocycles. The number of phosphoric ester groups is 1. The Morgan fingerprint density at radius 1 is 0.574 bits per heavy atom. The van der Waals surface area contributed by atoms with E-state index in [2.05, 4.69) is 31.3 Å². The number of carbonyl (C=O) groups is 3. The number of rotatable bonds is 41. The summed E-state index contributed by atoms with van der Waals surface area (Å²) < 4.78 is 26.8. The highest BCUT2D eigenvalue weighted by atomic mass is 31.2. The van der Waals surface area contributed by atoms with Gasteiger partial charge in [-0.3, -0.25) is 18.6 Å². The van der Waals surface area contributed by atoms with Gasteiger partial charge in [-0.05, 0) is 38.5 Å². The molecular weight excluding hydrogens is 709 g/mol. The summed E-state index contributed by atoms with van der Waals surface area (Å²) in [5.41, 5.74) is 0. The fourth-order valence-corrected chi connectivity index (χ4v) is 6.91. The lowest BCUT2D eigenvalue weighted by atomic mass is 10.0. The van der Waals surface area contributed by atoms with Crippen molar-refractivity contribution in [1.29, 1.82) is 0 Å². The topological polar surface area (TPSA) is 169 Å². The molecule has 0 saturated carbocycles. The van der Waals surface area contributed by atoms with E-state index in [0.29, 0.717) is 12.8 Å². The number of aliphatic hydroxyl groups is 1. The van der Waals surface area contributed by atoms with Crippen LogP contribution in [0.3, 0.4) is 0 Å². The van der Waals surface area contributed by atoms with E-state index in [1.165, 1.54) is 109 Å². The summed E-state index contributed by atoms with van der Waals surface area (Å²) in [6.07, 6.45) is 36.6. The van der Waals surface area contributed by atoms with Crippen LogP contribution in [0.4, 0.5) is 0 Å². The molecule has 0 aromatic heterocycles. The van der Waals surface area contributed by atoms with Gasteiger partial charge in [0.25, 0.3) is 0 Å². The van der Waals surface area contributed by atoms with Crippen LogP contribution in [0, 0.1) is 0 Å². The second-order valence-electron chi connectivity index (χ2n) is 14.9. The zero-order valence-corrected chi connectivity index (χ0v) is 35.2. The number of amides is 1. The number of phosphoric acid groups is 1. The number of carbonyl (C=O) groups excluding carboxylic acids is 2. The SMILES string of the molecule is CCCCCCCCC/C=C\CCCCCCCC(=O)OCC(O)COP(=O)(O)OCC(NC(=O)CCCCCCCCCCCCCCCC)C(=O)O. The minimum absolute atomic E-state index is 0.150. The van der Waals surface area contributed by atoms with Gasteiger partial charge in [-0.1, -0.05) is 167 Å². The molecule has 0 radical (unpaired) electrons. The first-order valence-corrected chi connectivity index (χ1v) is 23.2. The second kappa shape index (κ2) is 38.1. The smallest absolute Gasteiger partial charge is 0.472 e. The number of aliphatic hydroxyl groups excluding tert-OH is 1. The van der Waals surface area contributed by atoms with E-state index in [1.54, 1.807) is 0 Å². The number of nitrogens with one attached hydrogen (secondary N) is 1. The van der Waals surface area contributed by atoms with Crippen LogP contribution in [0.2, 0.25) is 0 Å². The van der Waals surface area contributed by atoms with E-state index >= 15 is 0 Å². The van der Waals surface area contributed by atoms with Gasteiger partial charge >= 0.3 is 19.8 Å². The summed E-state index contributed by atoms with van der Waals surface area (Å²) >= 11 is 0. The van der Waals surface area contributed by atoms with Gasteiger partial charge in [0.1, 0.15) is 12.7 Å². The summed E-state index contributed by atoms with van der Waals surface area (Å²) in [7, 11) is -4.75. The number of unbranched alkanes of at least 4 members (excludes halogenated alkanes) is 25. The van der Waals surface area contributed by atoms with Crippen LogP contribution < -0.4 is 5.32 Å². The minimum Gasteiger partial charge on any atom is -0.480 e. The third-order valence-electron chi connectivity index (χ3n) is 9.55. The highest BCUT2D eigenvalue weighted by molar-refractivity contribution is 7.47. The van der Waals surface area contributed by atoms with Gasteiger partial charge in [0.15, 0.2) is 6.04 Å². The van der Waals surface area contributed by atoms with Crippen molar-refractivity contribution in [3.8, 4) is 0 Å². The van der Waals surface area contributed by atoms with Crippen molar-refractivity contribution in [3.05, 3.63) is 12.2 Å². The lowest BCUT2D eigenvalue weighted by Gasteiger charge is -2.18. The molecule has 3 atom stereocenters. The zero-order chi connectivity index (χ0) is 40.0. The van der Waals surface area contributed by atoms with Crippen LogP contribution in [0.1, 0.15) is 206 Å². The number of hydrogen-bond donors (Lipinski definition) is 4. The van der Waals surface area contributed by atoms with Gasteiger partial charge in [0.05, 0.1) is 13.2 Å². The van der Waals surface area contributed by atoms with Crippen molar-refractivity contribution in [3.63, 3.8) is 0 Å². The van der Waals surface area contributed by atoms with E-state index in [4.69, 9.17) is 13.8 Å². The van der Waals surface area contributed by atoms with Crippen LogP contribution in [0.25, 0.3) is 0 Å². The van der Waals surface area contributed by atoms with Gasteiger partial charge in [0.2, 0.25) is 5.91 Å². The maximum absolute atomic E-state index is 12.3. The molecule has 0 aliphatic heterocycles. The van der Waals surface area contributed by atoms with Gasteiger partial charge in [0, 0.05) is 12.8 Å². The Balaban J connectivity index is 3.90. The molecule has 0 spiro atoms. The average Bonchev–Trinajstić information content (AvgIpc) is 3.14. The minimum atomic E-state index is -4.75. The molecule has 0 aliphatic rings. The molecule has 318 valence electrons. The van der Waals surface area contributed by atoms with E-state index in [1.807, 2.05) is 0 Å². The number of esters is 1. The normalized spacial score (nSPS) is 13.9. The number of ether oxygens (including phenoxy) is 1. The quantitative estimate of drug-likeness (QED) is 0.0202. The van der Waals surface area contributed by atoms with Crippen LogP contribution in [-0.4, -0.2) is 64.9 Å². The van der Waals surface area contributed by atoms with Gasteiger partial charge in [-0.25, -0.2) is 9.36 Å². The maximum atomic E-state index is 12.3. The van der Waals surface area contributed by atoms with Gasteiger partial charge < -0.3 is 25.2 Å². The lowest BCUT2D eigenvalue weighted by molar-refractivity contribution is -0.147. The molecule has 0 bridgehead atoms. The Bertz CT molecular complexity index is 979. The molecule has 12 heteroatoms. The van der Waals surface area contributed by atoms with Crippen LogP contribution in [0.15, 0.2) is 12.2 Å². The Morgan fingerprint density at radius 2 is 0.963 bits per heavy atom. The highest BCUT2D eigenvalue weighted by Crippen LogP contribution is 2.43. The third-order valence-corrected chi connectivity index (χ3v) is 10.5. The van der Waals surface area contributed by atoms with Crippen molar-refractivity contribution in [2.75, 3.05) is 19.8 Å². The van der Waals surface area contributed by atoms with E-state index in [-0.39, 0.29) is 12.8 Å². The largest absolute Gasteiger partial charge is 0.480 e. The monoisotopic (exact) mass is 790 g/mol. The van der Waals surface area contributed by atoms with E-state index < -0.39 is 57.6 Å². The van der Waals surface area contributed by atoms with Crippen molar-refractivity contribution in [2.45, 2.75) is 219 Å². The number of allylic oxidation sites excluding steroid dienone is 2. The number of aliphatic carboxylic acids is 1. The predicted molar refractivity (Wildman–Crippen MR) is 217 cm³/mol. The molecule has 0 saturated heterocycles. The molecule has 3 unspecified atom stereocenters. The van der Waals surface area contributed by atoms with Gasteiger partial charge in [-0.2, -0.15) is 0 Å². The van der Waals surface area contributed by atoms with Crippen LogP contribution >= 0.6 is 7.82 Å².